The Morgan fingerprint density at radius 2 is 1.90 bits per heavy atom. The van der Waals surface area contributed by atoms with Crippen molar-refractivity contribution in [3.8, 4) is 11.5 Å². The molecule has 1 fully saturated rings. The summed E-state index contributed by atoms with van der Waals surface area (Å²) in [7, 11) is 0. The van der Waals surface area contributed by atoms with Crippen molar-refractivity contribution in [3.05, 3.63) is 58.7 Å². The Labute approximate surface area is 172 Å². The van der Waals surface area contributed by atoms with E-state index in [-0.39, 0.29) is 5.91 Å². The molecule has 3 aliphatic rings. The highest BCUT2D eigenvalue weighted by Gasteiger charge is 2.28. The van der Waals surface area contributed by atoms with Gasteiger partial charge in [0.05, 0.1) is 0 Å². The first-order valence-electron chi connectivity index (χ1n) is 10.7. The van der Waals surface area contributed by atoms with Crippen molar-refractivity contribution in [2.75, 3.05) is 26.3 Å². The molecule has 0 N–H and O–H groups in total. The molecule has 0 aromatic heterocycles. The maximum Gasteiger partial charge on any atom is 0.219 e. The summed E-state index contributed by atoms with van der Waals surface area (Å²) in [4.78, 5) is 16.2. The second-order valence-corrected chi connectivity index (χ2v) is 8.33. The van der Waals surface area contributed by atoms with Crippen LogP contribution in [-0.4, -0.2) is 42.0 Å². The van der Waals surface area contributed by atoms with E-state index in [2.05, 4.69) is 41.3 Å². The highest BCUT2D eigenvalue weighted by atomic mass is 16.6. The van der Waals surface area contributed by atoms with Crippen LogP contribution in [0.25, 0.3) is 0 Å². The van der Waals surface area contributed by atoms with E-state index in [0.29, 0.717) is 19.3 Å². The molecule has 3 heterocycles. The zero-order valence-electron chi connectivity index (χ0n) is 17.0. The predicted molar refractivity (Wildman–Crippen MR) is 111 cm³/mol. The third kappa shape index (κ3) is 3.71. The van der Waals surface area contributed by atoms with Crippen molar-refractivity contribution in [1.29, 1.82) is 0 Å². The van der Waals surface area contributed by atoms with Gasteiger partial charge in [-0.25, -0.2) is 0 Å². The van der Waals surface area contributed by atoms with Crippen LogP contribution in [0.3, 0.4) is 0 Å². The Morgan fingerprint density at radius 1 is 1.03 bits per heavy atom. The lowest BCUT2D eigenvalue weighted by molar-refractivity contribution is -0.129. The summed E-state index contributed by atoms with van der Waals surface area (Å²) in [5.41, 5.74) is 5.38. The molecule has 0 saturated carbocycles. The van der Waals surface area contributed by atoms with E-state index in [0.717, 1.165) is 44.1 Å². The Morgan fingerprint density at radius 3 is 2.76 bits per heavy atom. The first-order valence-corrected chi connectivity index (χ1v) is 10.7. The summed E-state index contributed by atoms with van der Waals surface area (Å²) in [6.07, 6.45) is 3.35. The molecule has 1 atom stereocenters. The van der Waals surface area contributed by atoms with Crippen LogP contribution in [-0.2, 0) is 24.3 Å². The van der Waals surface area contributed by atoms with Gasteiger partial charge in [-0.3, -0.25) is 9.69 Å². The molecule has 2 aromatic rings. The highest BCUT2D eigenvalue weighted by Crippen LogP contribution is 2.38. The van der Waals surface area contributed by atoms with E-state index in [4.69, 9.17) is 9.47 Å². The number of benzene rings is 2. The van der Waals surface area contributed by atoms with Gasteiger partial charge in [0, 0.05) is 32.6 Å². The molecule has 29 heavy (non-hydrogen) atoms. The van der Waals surface area contributed by atoms with Gasteiger partial charge in [-0.05, 0) is 60.2 Å². The van der Waals surface area contributed by atoms with E-state index in [1.54, 1.807) is 6.92 Å². The van der Waals surface area contributed by atoms with Crippen LogP contribution in [0.1, 0.15) is 48.1 Å². The van der Waals surface area contributed by atoms with Crippen LogP contribution in [0.15, 0.2) is 36.4 Å². The second kappa shape index (κ2) is 7.71. The maximum atomic E-state index is 11.7. The molecule has 1 amide bonds. The smallest absolute Gasteiger partial charge is 0.219 e. The van der Waals surface area contributed by atoms with Crippen LogP contribution in [0, 0.1) is 0 Å². The minimum atomic E-state index is 0.166. The van der Waals surface area contributed by atoms with Crippen molar-refractivity contribution in [2.45, 2.75) is 45.3 Å². The third-order valence-corrected chi connectivity index (χ3v) is 6.43. The molecule has 2 aromatic carbocycles. The Kier molecular flexibility index (Phi) is 4.92. The van der Waals surface area contributed by atoms with Gasteiger partial charge < -0.3 is 14.4 Å². The predicted octanol–water partition coefficient (Wildman–Crippen LogP) is 3.70. The lowest BCUT2D eigenvalue weighted by Crippen LogP contribution is -2.34. The molecule has 0 aliphatic carbocycles. The van der Waals surface area contributed by atoms with E-state index in [1.807, 2.05) is 4.90 Å². The molecule has 152 valence electrons. The van der Waals surface area contributed by atoms with E-state index < -0.39 is 0 Å². The number of hydrogen-bond acceptors (Lipinski definition) is 4. The topological polar surface area (TPSA) is 42.0 Å². The number of carbonyl (C=O) groups excluding carboxylic acids is 1. The Hall–Kier alpha value is -2.53. The van der Waals surface area contributed by atoms with Crippen molar-refractivity contribution >= 4 is 5.91 Å². The summed E-state index contributed by atoms with van der Waals surface area (Å²) in [5, 5.41) is 0. The number of fused-ring (bicyclic) bond motifs is 2. The van der Waals surface area contributed by atoms with Gasteiger partial charge >= 0.3 is 0 Å². The van der Waals surface area contributed by atoms with Gasteiger partial charge in [-0.2, -0.15) is 0 Å². The normalized spacial score (nSPS) is 21.1. The molecule has 0 bridgehead atoms. The molecular weight excluding hydrogens is 364 g/mol. The lowest BCUT2D eigenvalue weighted by atomic mass is 9.96. The van der Waals surface area contributed by atoms with Crippen molar-refractivity contribution in [2.24, 2.45) is 0 Å². The molecule has 1 unspecified atom stereocenters. The fraction of sp³-hybridized carbons (Fsp3) is 0.458. The zero-order chi connectivity index (χ0) is 19.8. The lowest BCUT2D eigenvalue weighted by Gasteiger charge is -2.29. The van der Waals surface area contributed by atoms with Crippen LogP contribution < -0.4 is 9.47 Å². The van der Waals surface area contributed by atoms with Gasteiger partial charge in [-0.15, -0.1) is 0 Å². The number of carbonyl (C=O) groups is 1. The van der Waals surface area contributed by atoms with E-state index >= 15 is 0 Å². The quantitative estimate of drug-likeness (QED) is 0.799. The fourth-order valence-electron chi connectivity index (χ4n) is 4.87. The number of rotatable bonds is 3. The summed E-state index contributed by atoms with van der Waals surface area (Å²) < 4.78 is 11.5. The minimum Gasteiger partial charge on any atom is -0.486 e. The van der Waals surface area contributed by atoms with Gasteiger partial charge in [0.15, 0.2) is 11.5 Å². The van der Waals surface area contributed by atoms with Crippen molar-refractivity contribution in [1.82, 2.24) is 9.80 Å². The van der Waals surface area contributed by atoms with Crippen LogP contribution in [0.5, 0.6) is 11.5 Å². The van der Waals surface area contributed by atoms with Gasteiger partial charge in [-0.1, -0.05) is 24.3 Å². The van der Waals surface area contributed by atoms with E-state index in [1.165, 1.54) is 35.1 Å². The van der Waals surface area contributed by atoms with E-state index in [9.17, 15) is 4.79 Å². The largest absolute Gasteiger partial charge is 0.486 e. The highest BCUT2D eigenvalue weighted by molar-refractivity contribution is 5.73. The average molecular weight is 392 g/mol. The second-order valence-electron chi connectivity index (χ2n) is 8.33. The molecule has 1 saturated heterocycles. The fourth-order valence-corrected chi connectivity index (χ4v) is 4.87. The number of likely N-dealkylation sites (tertiary alicyclic amines) is 1. The van der Waals surface area contributed by atoms with Crippen LogP contribution in [0.2, 0.25) is 0 Å². The summed E-state index contributed by atoms with van der Waals surface area (Å²) in [6.45, 7) is 6.57. The molecule has 5 heteroatoms. The SMILES string of the molecule is CC(=O)N1CCc2cc(CN3CCCC3c3ccc4c(c3)OCCO4)ccc2C1. The van der Waals surface area contributed by atoms with Crippen LogP contribution in [0.4, 0.5) is 0 Å². The number of ether oxygens (including phenoxy) is 2. The van der Waals surface area contributed by atoms with Gasteiger partial charge in [0.25, 0.3) is 0 Å². The number of nitrogens with zero attached hydrogens (tertiary/aromatic N) is 2. The molecule has 0 spiro atoms. The van der Waals surface area contributed by atoms with Gasteiger partial charge in [0.2, 0.25) is 5.91 Å². The monoisotopic (exact) mass is 392 g/mol. The first kappa shape index (κ1) is 18.5. The molecule has 5 rings (SSSR count). The maximum absolute atomic E-state index is 11.7. The summed E-state index contributed by atoms with van der Waals surface area (Å²) in [5.74, 6) is 1.90. The van der Waals surface area contributed by atoms with Crippen LogP contribution >= 0.6 is 0 Å². The zero-order valence-corrected chi connectivity index (χ0v) is 17.0. The molecule has 5 nitrogen and oxygen atoms in total. The van der Waals surface area contributed by atoms with Crippen molar-refractivity contribution in [3.63, 3.8) is 0 Å². The minimum absolute atomic E-state index is 0.166. The Bertz CT molecular complexity index is 926. The third-order valence-electron chi connectivity index (χ3n) is 6.43. The summed E-state index contributed by atoms with van der Waals surface area (Å²) in [6, 6.07) is 13.7. The molecule has 0 radical (unpaired) electrons. The summed E-state index contributed by atoms with van der Waals surface area (Å²) >= 11 is 0. The van der Waals surface area contributed by atoms with Crippen molar-refractivity contribution < 1.29 is 14.3 Å². The molecular formula is C24H28N2O3. The first-order chi connectivity index (χ1) is 14.2. The standard InChI is InChI=1S/C24H28N2O3/c1-17(27)25-10-8-19-13-18(4-5-21(19)16-25)15-26-9-2-3-22(26)20-6-7-23-24(14-20)29-12-11-28-23/h4-7,13-14,22H,2-3,8-12,15-16H2,1H3. The average Bonchev–Trinajstić information content (AvgIpc) is 3.21. The number of amides is 1. The number of hydrogen-bond donors (Lipinski definition) is 0. The van der Waals surface area contributed by atoms with Gasteiger partial charge in [0.1, 0.15) is 13.2 Å². The Balaban J connectivity index is 1.32. The molecule has 3 aliphatic heterocycles.